The molecule has 0 saturated heterocycles. The molecular weight excluding hydrogens is 400 g/mol. The van der Waals surface area contributed by atoms with Gasteiger partial charge in [0.2, 0.25) is 5.95 Å². The van der Waals surface area contributed by atoms with Crippen molar-refractivity contribution in [3.05, 3.63) is 6.33 Å². The van der Waals surface area contributed by atoms with Gasteiger partial charge in [0, 0.05) is 24.7 Å². The number of rotatable bonds is 12. The summed E-state index contributed by atoms with van der Waals surface area (Å²) >= 11 is 0. The van der Waals surface area contributed by atoms with E-state index in [0.29, 0.717) is 18.1 Å². The number of aromatic nitrogens is 4. The number of hydrogen-bond donors (Lipinski definition) is 4. The number of fused-ring (bicyclic) bond motifs is 1. The fraction of sp³-hybridized carbons (Fsp3) is 0.792. The van der Waals surface area contributed by atoms with Gasteiger partial charge in [-0.1, -0.05) is 38.5 Å². The molecule has 2 fully saturated rings. The Morgan fingerprint density at radius 3 is 2.38 bits per heavy atom. The molecule has 0 spiro atoms. The molecule has 6 N–H and O–H groups in total. The molecule has 0 radical (unpaired) electrons. The Labute approximate surface area is 192 Å². The lowest BCUT2D eigenvalue weighted by Crippen LogP contribution is -2.33. The number of unbranched alkanes of at least 4 members (excludes halogenated alkanes) is 5. The van der Waals surface area contributed by atoms with Crippen LogP contribution < -0.4 is 22.1 Å². The van der Waals surface area contributed by atoms with Gasteiger partial charge in [-0.15, -0.1) is 0 Å². The van der Waals surface area contributed by atoms with E-state index in [0.717, 1.165) is 74.5 Å². The van der Waals surface area contributed by atoms with E-state index in [1.165, 1.54) is 51.4 Å². The van der Waals surface area contributed by atoms with E-state index in [9.17, 15) is 0 Å². The van der Waals surface area contributed by atoms with Crippen molar-refractivity contribution < 1.29 is 0 Å². The van der Waals surface area contributed by atoms with Crippen LogP contribution in [0.2, 0.25) is 0 Å². The molecule has 2 aromatic rings. The summed E-state index contributed by atoms with van der Waals surface area (Å²) < 4.78 is 2.29. The lowest BCUT2D eigenvalue weighted by Gasteiger charge is -2.27. The van der Waals surface area contributed by atoms with Crippen LogP contribution in [0.1, 0.15) is 95.9 Å². The minimum atomic E-state index is 0.341. The first-order chi connectivity index (χ1) is 15.7. The van der Waals surface area contributed by atoms with E-state index >= 15 is 0 Å². The first-order valence-corrected chi connectivity index (χ1v) is 12.9. The van der Waals surface area contributed by atoms with Crippen LogP contribution in [0.25, 0.3) is 11.2 Å². The van der Waals surface area contributed by atoms with E-state index in [1.54, 1.807) is 0 Å². The highest BCUT2D eigenvalue weighted by molar-refractivity contribution is 5.84. The Morgan fingerprint density at radius 1 is 0.906 bits per heavy atom. The normalized spacial score (nSPS) is 21.9. The smallest absolute Gasteiger partial charge is 0.227 e. The van der Waals surface area contributed by atoms with E-state index in [2.05, 4.69) is 15.2 Å². The fourth-order valence-corrected chi connectivity index (χ4v) is 5.18. The number of hydrogen-bond acceptors (Lipinski definition) is 7. The maximum Gasteiger partial charge on any atom is 0.227 e. The van der Waals surface area contributed by atoms with E-state index < -0.39 is 0 Å². The van der Waals surface area contributed by atoms with Gasteiger partial charge in [-0.25, -0.2) is 4.98 Å². The van der Waals surface area contributed by atoms with E-state index in [-0.39, 0.29) is 0 Å². The lowest BCUT2D eigenvalue weighted by atomic mass is 9.92. The van der Waals surface area contributed by atoms with Gasteiger partial charge in [0.15, 0.2) is 17.0 Å². The number of nitrogens with zero attached hydrogens (tertiary/aromatic N) is 4. The van der Waals surface area contributed by atoms with Gasteiger partial charge >= 0.3 is 0 Å². The van der Waals surface area contributed by atoms with Gasteiger partial charge in [0.05, 0.1) is 6.33 Å². The van der Waals surface area contributed by atoms with Gasteiger partial charge in [0.1, 0.15) is 0 Å². The third-order valence-corrected chi connectivity index (χ3v) is 7.17. The Hall–Kier alpha value is -1.93. The van der Waals surface area contributed by atoms with Crippen molar-refractivity contribution >= 4 is 22.9 Å². The fourth-order valence-electron chi connectivity index (χ4n) is 5.18. The van der Waals surface area contributed by atoms with Crippen LogP contribution in [0.4, 0.5) is 11.8 Å². The summed E-state index contributed by atoms with van der Waals surface area (Å²) in [6.45, 7) is 1.72. The van der Waals surface area contributed by atoms with Crippen molar-refractivity contribution in [1.29, 1.82) is 0 Å². The molecule has 0 aromatic carbocycles. The topological polar surface area (TPSA) is 120 Å². The summed E-state index contributed by atoms with van der Waals surface area (Å²) in [5, 5.41) is 7.17. The molecule has 0 aliphatic heterocycles. The van der Waals surface area contributed by atoms with Gasteiger partial charge in [-0.05, 0) is 57.9 Å². The molecule has 0 bridgehead atoms. The maximum atomic E-state index is 6.09. The third kappa shape index (κ3) is 6.10. The number of imidazole rings is 1. The van der Waals surface area contributed by atoms with Gasteiger partial charge in [0.25, 0.3) is 0 Å². The first-order valence-electron chi connectivity index (χ1n) is 12.9. The lowest BCUT2D eigenvalue weighted by molar-refractivity contribution is 0.410. The number of nitrogens with one attached hydrogen (secondary N) is 2. The highest BCUT2D eigenvalue weighted by Crippen LogP contribution is 2.33. The summed E-state index contributed by atoms with van der Waals surface area (Å²) in [5.74, 6) is 1.59. The van der Waals surface area contributed by atoms with Gasteiger partial charge in [-0.3, -0.25) is 0 Å². The Balaban J connectivity index is 1.43. The van der Waals surface area contributed by atoms with Crippen LogP contribution in [0.3, 0.4) is 0 Å². The predicted molar refractivity (Wildman–Crippen MR) is 132 cm³/mol. The summed E-state index contributed by atoms with van der Waals surface area (Å²) in [7, 11) is 0. The van der Waals surface area contributed by atoms with Gasteiger partial charge in [-0.2, -0.15) is 9.97 Å². The summed E-state index contributed by atoms with van der Waals surface area (Å²) in [6.07, 6.45) is 18.6. The zero-order chi connectivity index (χ0) is 22.2. The highest BCUT2D eigenvalue weighted by Gasteiger charge is 2.23. The second kappa shape index (κ2) is 11.8. The standard InChI is InChI=1S/C24H42N8/c25-15-7-3-1-2-4-8-16-27-22-21-23(32(17-28-21)20-9-5-6-10-20)31-24(30-22)29-19-13-11-18(26)12-14-19/h17-20H,1-16,25-26H2,(H2,27,29,30,31)/t18-,19-. The molecule has 2 aliphatic carbocycles. The molecule has 32 heavy (non-hydrogen) atoms. The monoisotopic (exact) mass is 442 g/mol. The molecule has 8 heteroatoms. The molecule has 0 amide bonds. The van der Waals surface area contributed by atoms with Crippen molar-refractivity contribution in [3.8, 4) is 0 Å². The third-order valence-electron chi connectivity index (χ3n) is 7.17. The zero-order valence-electron chi connectivity index (χ0n) is 19.6. The molecule has 2 aliphatic rings. The Kier molecular flexibility index (Phi) is 8.56. The second-order valence-corrected chi connectivity index (χ2v) is 9.75. The Bertz CT molecular complexity index is 821. The zero-order valence-corrected chi connectivity index (χ0v) is 19.6. The molecule has 2 saturated carbocycles. The van der Waals surface area contributed by atoms with Crippen LogP contribution >= 0.6 is 0 Å². The predicted octanol–water partition coefficient (Wildman–Crippen LogP) is 4.33. The van der Waals surface area contributed by atoms with Crippen molar-refractivity contribution in [2.24, 2.45) is 11.5 Å². The molecule has 0 unspecified atom stereocenters. The first kappa shape index (κ1) is 23.2. The quantitative estimate of drug-likeness (QED) is 0.361. The van der Waals surface area contributed by atoms with Crippen LogP contribution in [-0.4, -0.2) is 44.7 Å². The van der Waals surface area contributed by atoms with Crippen LogP contribution in [0.15, 0.2) is 6.33 Å². The highest BCUT2D eigenvalue weighted by atomic mass is 15.2. The van der Waals surface area contributed by atoms with Crippen molar-refractivity contribution in [2.45, 2.75) is 108 Å². The van der Waals surface area contributed by atoms with Crippen LogP contribution in [0, 0.1) is 0 Å². The molecule has 2 aromatic heterocycles. The molecule has 4 rings (SSSR count). The largest absolute Gasteiger partial charge is 0.368 e. The minimum absolute atomic E-state index is 0.341. The van der Waals surface area contributed by atoms with Crippen molar-refractivity contribution in [1.82, 2.24) is 19.5 Å². The van der Waals surface area contributed by atoms with E-state index in [4.69, 9.17) is 26.4 Å². The number of anilines is 2. The van der Waals surface area contributed by atoms with Gasteiger partial charge < -0.3 is 26.7 Å². The molecule has 8 nitrogen and oxygen atoms in total. The molecule has 0 atom stereocenters. The Morgan fingerprint density at radius 2 is 1.62 bits per heavy atom. The SMILES string of the molecule is NCCCCCCCCNc1nc(N[C@H]2CC[C@H](N)CC2)nc2c1ncn2C1CCCC1. The van der Waals surface area contributed by atoms with E-state index in [1.807, 2.05) is 6.33 Å². The molecular formula is C24H42N8. The summed E-state index contributed by atoms with van der Waals surface area (Å²) in [5.41, 5.74) is 13.5. The summed E-state index contributed by atoms with van der Waals surface area (Å²) in [4.78, 5) is 14.5. The average molecular weight is 443 g/mol. The van der Waals surface area contributed by atoms with Crippen molar-refractivity contribution in [2.75, 3.05) is 23.7 Å². The van der Waals surface area contributed by atoms with Crippen LogP contribution in [-0.2, 0) is 0 Å². The second-order valence-electron chi connectivity index (χ2n) is 9.75. The minimum Gasteiger partial charge on any atom is -0.368 e. The average Bonchev–Trinajstić information content (AvgIpc) is 3.47. The maximum absolute atomic E-state index is 6.09. The van der Waals surface area contributed by atoms with Crippen molar-refractivity contribution in [3.63, 3.8) is 0 Å². The molecule has 178 valence electrons. The summed E-state index contributed by atoms with van der Waals surface area (Å²) in [6, 6.07) is 1.25. The molecule has 2 heterocycles. The van der Waals surface area contributed by atoms with Crippen LogP contribution in [0.5, 0.6) is 0 Å². The number of nitrogens with two attached hydrogens (primary N) is 2.